The number of nitrogens with two attached hydrogens (primary N) is 1. The van der Waals surface area contributed by atoms with Gasteiger partial charge in [0.25, 0.3) is 0 Å². The lowest BCUT2D eigenvalue weighted by Crippen LogP contribution is -2.40. The minimum absolute atomic E-state index is 0. The molecule has 2 rings (SSSR count). The molecule has 0 bridgehead atoms. The zero-order valence-corrected chi connectivity index (χ0v) is 10.3. The van der Waals surface area contributed by atoms with Crippen LogP contribution in [0, 0.1) is 0 Å². The van der Waals surface area contributed by atoms with Crippen LogP contribution >= 0.6 is 36.4 Å². The number of rotatable bonds is 1. The summed E-state index contributed by atoms with van der Waals surface area (Å²) in [5.41, 5.74) is 5.56. The van der Waals surface area contributed by atoms with Crippen molar-refractivity contribution < 1.29 is 0 Å². The van der Waals surface area contributed by atoms with Crippen molar-refractivity contribution in [2.24, 2.45) is 5.73 Å². The van der Waals surface area contributed by atoms with Crippen molar-refractivity contribution in [3.05, 3.63) is 0 Å². The summed E-state index contributed by atoms with van der Waals surface area (Å²) in [6, 6.07) is 1.16. The molecule has 1 saturated heterocycles. The van der Waals surface area contributed by atoms with Crippen molar-refractivity contribution in [3.63, 3.8) is 0 Å². The number of hydrogen-bond donors (Lipinski definition) is 3. The summed E-state index contributed by atoms with van der Waals surface area (Å²) < 4.78 is 0. The second-order valence-corrected chi connectivity index (χ2v) is 4.36. The topological polar surface area (TPSA) is 50.1 Å². The van der Waals surface area contributed by atoms with Crippen LogP contribution in [0.1, 0.15) is 19.3 Å². The normalized spacial score (nSPS) is 40.7. The summed E-state index contributed by atoms with van der Waals surface area (Å²) in [4.78, 5) is 0. The fourth-order valence-electron chi connectivity index (χ4n) is 2.20. The number of hydrogen-bond acceptors (Lipinski definition) is 3. The van der Waals surface area contributed by atoms with Crippen LogP contribution in [-0.2, 0) is 0 Å². The van der Waals surface area contributed by atoms with Gasteiger partial charge in [-0.05, 0) is 19.3 Å². The van der Waals surface area contributed by atoms with E-state index in [0.29, 0.717) is 30.2 Å². The second kappa shape index (κ2) is 6.36. The van der Waals surface area contributed by atoms with E-state index in [2.05, 4.69) is 10.6 Å². The Balaban J connectivity index is 0.000000845. The zero-order chi connectivity index (χ0) is 8.55. The van der Waals surface area contributed by atoms with Crippen molar-refractivity contribution in [1.82, 2.24) is 10.6 Å². The van der Waals surface area contributed by atoms with Gasteiger partial charge in [-0.25, -0.2) is 0 Å². The van der Waals surface area contributed by atoms with Crippen molar-refractivity contribution in [3.8, 4) is 0 Å². The van der Waals surface area contributed by atoms with Gasteiger partial charge in [0.1, 0.15) is 0 Å². The third kappa shape index (κ3) is 3.12. The van der Waals surface area contributed by atoms with E-state index >= 15 is 0 Å². The van der Waals surface area contributed by atoms with Gasteiger partial charge in [-0.2, -0.15) is 0 Å². The van der Waals surface area contributed by atoms with Crippen molar-refractivity contribution in [2.45, 2.75) is 42.9 Å². The first-order valence-corrected chi connectivity index (χ1v) is 5.09. The molecule has 0 spiro atoms. The van der Waals surface area contributed by atoms with Crippen LogP contribution in [0.25, 0.3) is 0 Å². The van der Waals surface area contributed by atoms with E-state index in [9.17, 15) is 0 Å². The van der Waals surface area contributed by atoms with Crippen molar-refractivity contribution in [2.75, 3.05) is 6.54 Å². The molecule has 1 aliphatic heterocycles. The smallest absolute Gasteiger partial charge is 0.0703 e. The lowest BCUT2D eigenvalue weighted by Gasteiger charge is -2.27. The van der Waals surface area contributed by atoms with Crippen LogP contribution in [0.4, 0.5) is 0 Å². The largest absolute Gasteiger partial charge is 0.328 e. The highest BCUT2D eigenvalue weighted by Gasteiger charge is 2.36. The molecule has 4 atom stereocenters. The quantitative estimate of drug-likeness (QED) is 0.614. The number of nitrogens with one attached hydrogen (secondary N) is 2. The predicted octanol–water partition coefficient (Wildman–Crippen LogP) is 0.836. The number of alkyl halides is 1. The Morgan fingerprint density at radius 2 is 1.79 bits per heavy atom. The second-order valence-electron chi connectivity index (χ2n) is 3.74. The first kappa shape index (κ1) is 14.8. The molecule has 2 aliphatic rings. The molecule has 2 fully saturated rings. The van der Waals surface area contributed by atoms with Crippen molar-refractivity contribution >= 4 is 36.4 Å². The molecule has 4 N–H and O–H groups in total. The van der Waals surface area contributed by atoms with Gasteiger partial charge in [0.15, 0.2) is 0 Å². The monoisotopic (exact) mass is 261 g/mol. The Morgan fingerprint density at radius 3 is 2.43 bits per heavy atom. The fourth-order valence-corrected chi connectivity index (χ4v) is 2.52. The molecule has 1 aliphatic carbocycles. The summed E-state index contributed by atoms with van der Waals surface area (Å²) in [6.45, 7) is 0.667. The lowest BCUT2D eigenvalue weighted by molar-refractivity contribution is 0.378. The lowest BCUT2D eigenvalue weighted by atomic mass is 9.91. The molecule has 0 aromatic rings. The number of halogens is 3. The molecule has 86 valence electrons. The molecule has 1 heterocycles. The van der Waals surface area contributed by atoms with E-state index in [0.717, 1.165) is 12.8 Å². The Morgan fingerprint density at radius 1 is 1.14 bits per heavy atom. The molecular weight excluding hydrogens is 244 g/mol. The fraction of sp³-hybridized carbons (Fsp3) is 1.00. The van der Waals surface area contributed by atoms with Gasteiger partial charge in [-0.15, -0.1) is 36.4 Å². The third-order valence-electron chi connectivity index (χ3n) is 2.85. The van der Waals surface area contributed by atoms with Gasteiger partial charge in [-0.1, -0.05) is 0 Å². The molecule has 4 unspecified atom stereocenters. The molecule has 0 aromatic heterocycles. The Kier molecular flexibility index (Phi) is 6.70. The highest BCUT2D eigenvalue weighted by Crippen LogP contribution is 2.26. The van der Waals surface area contributed by atoms with Gasteiger partial charge < -0.3 is 5.73 Å². The summed E-state index contributed by atoms with van der Waals surface area (Å²) in [7, 11) is 0. The molecule has 0 aromatic carbocycles. The molecule has 3 nitrogen and oxygen atoms in total. The summed E-state index contributed by atoms with van der Waals surface area (Å²) in [5.74, 6) is 0. The van der Waals surface area contributed by atoms with Gasteiger partial charge in [-0.3, -0.25) is 10.6 Å². The van der Waals surface area contributed by atoms with Crippen LogP contribution in [0.15, 0.2) is 0 Å². The van der Waals surface area contributed by atoms with E-state index < -0.39 is 0 Å². The standard InChI is InChI=1S/C8H16ClN3.2ClH/c9-5-1-2-6-7(3-5)12-8(4-10)11-6;;/h5-8,11-12H,1-4,10H2;2*1H. The van der Waals surface area contributed by atoms with Gasteiger partial charge in [0.2, 0.25) is 0 Å². The molecular formula is C8H18Cl3N3. The summed E-state index contributed by atoms with van der Waals surface area (Å²) >= 11 is 6.08. The van der Waals surface area contributed by atoms with Crippen LogP contribution in [0.2, 0.25) is 0 Å². The summed E-state index contributed by atoms with van der Waals surface area (Å²) in [6.07, 6.45) is 3.70. The third-order valence-corrected chi connectivity index (χ3v) is 3.25. The van der Waals surface area contributed by atoms with E-state index in [1.54, 1.807) is 0 Å². The predicted molar refractivity (Wildman–Crippen MR) is 64.7 cm³/mol. The van der Waals surface area contributed by atoms with Crippen LogP contribution in [0.5, 0.6) is 0 Å². The Labute approximate surface area is 102 Å². The first-order chi connectivity index (χ1) is 5.79. The molecule has 6 heteroatoms. The van der Waals surface area contributed by atoms with Crippen LogP contribution in [-0.4, -0.2) is 30.2 Å². The number of fused-ring (bicyclic) bond motifs is 1. The zero-order valence-electron chi connectivity index (χ0n) is 7.91. The molecule has 1 saturated carbocycles. The average molecular weight is 263 g/mol. The average Bonchev–Trinajstić information content (AvgIpc) is 2.46. The van der Waals surface area contributed by atoms with Crippen LogP contribution < -0.4 is 16.4 Å². The Hall–Kier alpha value is 0.750. The van der Waals surface area contributed by atoms with E-state index in [1.807, 2.05) is 0 Å². The van der Waals surface area contributed by atoms with Gasteiger partial charge in [0.05, 0.1) is 6.17 Å². The highest BCUT2D eigenvalue weighted by molar-refractivity contribution is 6.20. The SMILES string of the molecule is Cl.Cl.NCC1NC2CCC(Cl)CC2N1. The van der Waals surface area contributed by atoms with E-state index in [4.69, 9.17) is 17.3 Å². The first-order valence-electron chi connectivity index (χ1n) is 4.66. The maximum absolute atomic E-state index is 6.08. The van der Waals surface area contributed by atoms with Gasteiger partial charge in [0, 0.05) is 24.0 Å². The van der Waals surface area contributed by atoms with E-state index in [1.165, 1.54) is 6.42 Å². The van der Waals surface area contributed by atoms with E-state index in [-0.39, 0.29) is 24.8 Å². The van der Waals surface area contributed by atoms with Crippen LogP contribution in [0.3, 0.4) is 0 Å². The maximum Gasteiger partial charge on any atom is 0.0703 e. The minimum Gasteiger partial charge on any atom is -0.328 e. The Bertz CT molecular complexity index is 170. The molecule has 0 radical (unpaired) electrons. The van der Waals surface area contributed by atoms with Crippen molar-refractivity contribution in [1.29, 1.82) is 0 Å². The molecule has 14 heavy (non-hydrogen) atoms. The highest BCUT2D eigenvalue weighted by atomic mass is 35.5. The summed E-state index contributed by atoms with van der Waals surface area (Å²) in [5, 5.41) is 7.28. The maximum atomic E-state index is 6.08. The molecule has 0 amide bonds. The minimum atomic E-state index is 0. The van der Waals surface area contributed by atoms with Gasteiger partial charge >= 0.3 is 0 Å².